The maximum Gasteiger partial charge on any atom is 0.121 e. The van der Waals surface area contributed by atoms with Crippen LogP contribution < -0.4 is 10.1 Å². The van der Waals surface area contributed by atoms with E-state index in [-0.39, 0.29) is 0 Å². The molecule has 0 unspecified atom stereocenters. The first-order chi connectivity index (χ1) is 8.81. The van der Waals surface area contributed by atoms with E-state index in [0.717, 1.165) is 43.9 Å². The van der Waals surface area contributed by atoms with Crippen molar-refractivity contribution in [2.24, 2.45) is 0 Å². The van der Waals surface area contributed by atoms with Crippen LogP contribution in [-0.4, -0.2) is 27.4 Å². The molecule has 0 atom stereocenters. The predicted molar refractivity (Wildman–Crippen MR) is 71.9 cm³/mol. The molecule has 4 nitrogen and oxygen atoms in total. The Kier molecular flexibility index (Phi) is 6.67. The Morgan fingerprint density at radius 1 is 1.22 bits per heavy atom. The van der Waals surface area contributed by atoms with Crippen molar-refractivity contribution in [1.82, 2.24) is 0 Å². The van der Waals surface area contributed by atoms with E-state index in [2.05, 4.69) is 11.4 Å². The molecule has 0 heterocycles. The van der Waals surface area contributed by atoms with Gasteiger partial charge in [0.1, 0.15) is 11.8 Å². The number of nitriles is 1. The second kappa shape index (κ2) is 8.37. The van der Waals surface area contributed by atoms with Crippen LogP contribution in [0.25, 0.3) is 0 Å². The number of ether oxygens (including phenoxy) is 2. The number of anilines is 1. The molecule has 0 bridgehead atoms. The Hall–Kier alpha value is -1.73. The summed E-state index contributed by atoms with van der Waals surface area (Å²) in [6.45, 7) is 1.66. The van der Waals surface area contributed by atoms with Crippen molar-refractivity contribution in [2.45, 2.75) is 19.3 Å². The minimum absolute atomic E-state index is 0.646. The third-order valence-electron chi connectivity index (χ3n) is 2.69. The summed E-state index contributed by atoms with van der Waals surface area (Å²) in [5.41, 5.74) is 1.48. The van der Waals surface area contributed by atoms with Crippen LogP contribution in [0.5, 0.6) is 5.75 Å². The van der Waals surface area contributed by atoms with Gasteiger partial charge in [-0.3, -0.25) is 0 Å². The molecule has 0 aliphatic carbocycles. The Morgan fingerprint density at radius 3 is 2.72 bits per heavy atom. The molecule has 98 valence electrons. The molecule has 0 aromatic heterocycles. The van der Waals surface area contributed by atoms with Gasteiger partial charge in [-0.05, 0) is 31.4 Å². The van der Waals surface area contributed by atoms with E-state index >= 15 is 0 Å². The van der Waals surface area contributed by atoms with Gasteiger partial charge in [0.15, 0.2) is 0 Å². The molecule has 0 fully saturated rings. The maximum absolute atomic E-state index is 9.01. The first kappa shape index (κ1) is 14.3. The van der Waals surface area contributed by atoms with Crippen molar-refractivity contribution in [3.05, 3.63) is 23.8 Å². The fraction of sp³-hybridized carbons (Fsp3) is 0.500. The molecule has 1 rings (SSSR count). The third kappa shape index (κ3) is 4.64. The van der Waals surface area contributed by atoms with Crippen molar-refractivity contribution in [2.75, 3.05) is 32.7 Å². The van der Waals surface area contributed by atoms with Gasteiger partial charge in [-0.2, -0.15) is 5.26 Å². The monoisotopic (exact) mass is 248 g/mol. The van der Waals surface area contributed by atoms with Crippen LogP contribution in [0.3, 0.4) is 0 Å². The van der Waals surface area contributed by atoms with Crippen LogP contribution in [-0.2, 0) is 4.74 Å². The molecule has 0 saturated carbocycles. The Balaban J connectivity index is 2.43. The summed E-state index contributed by atoms with van der Waals surface area (Å²) in [7, 11) is 3.34. The molecule has 0 saturated heterocycles. The molecule has 0 aliphatic rings. The molecule has 0 spiro atoms. The highest BCUT2D eigenvalue weighted by Gasteiger charge is 2.03. The zero-order valence-corrected chi connectivity index (χ0v) is 11.0. The molecule has 0 aliphatic heterocycles. The average Bonchev–Trinajstić information content (AvgIpc) is 2.42. The van der Waals surface area contributed by atoms with E-state index in [0.29, 0.717) is 5.56 Å². The first-order valence-electron chi connectivity index (χ1n) is 6.12. The van der Waals surface area contributed by atoms with Gasteiger partial charge in [0.05, 0.1) is 18.4 Å². The predicted octanol–water partition coefficient (Wildman–Crippen LogP) is 2.80. The summed E-state index contributed by atoms with van der Waals surface area (Å²) in [5.74, 6) is 0.760. The van der Waals surface area contributed by atoms with Crippen molar-refractivity contribution in [1.29, 1.82) is 5.26 Å². The van der Waals surface area contributed by atoms with Gasteiger partial charge in [-0.15, -0.1) is 0 Å². The highest BCUT2D eigenvalue weighted by molar-refractivity contribution is 5.60. The molecule has 1 aromatic rings. The first-order valence-corrected chi connectivity index (χ1v) is 6.12. The summed E-state index contributed by atoms with van der Waals surface area (Å²) in [4.78, 5) is 0. The Bertz CT molecular complexity index is 399. The second-order valence-electron chi connectivity index (χ2n) is 4.00. The van der Waals surface area contributed by atoms with Gasteiger partial charge in [-0.1, -0.05) is 0 Å². The topological polar surface area (TPSA) is 54.3 Å². The quantitative estimate of drug-likeness (QED) is 0.719. The Morgan fingerprint density at radius 2 is 2.06 bits per heavy atom. The van der Waals surface area contributed by atoms with Gasteiger partial charge >= 0.3 is 0 Å². The lowest BCUT2D eigenvalue weighted by molar-refractivity contribution is 0.192. The van der Waals surface area contributed by atoms with E-state index < -0.39 is 0 Å². The molecule has 1 N–H and O–H groups in total. The smallest absolute Gasteiger partial charge is 0.121 e. The van der Waals surface area contributed by atoms with Gasteiger partial charge in [0, 0.05) is 26.3 Å². The lowest BCUT2D eigenvalue weighted by atomic mass is 10.1. The molecule has 1 aromatic carbocycles. The average molecular weight is 248 g/mol. The lowest BCUT2D eigenvalue weighted by Crippen LogP contribution is -2.04. The number of unbranched alkanes of at least 4 members (excludes halogenated alkanes) is 2. The van der Waals surface area contributed by atoms with Crippen LogP contribution in [0.1, 0.15) is 24.8 Å². The van der Waals surface area contributed by atoms with Crippen molar-refractivity contribution >= 4 is 5.69 Å². The highest BCUT2D eigenvalue weighted by Crippen LogP contribution is 2.21. The number of hydrogen-bond acceptors (Lipinski definition) is 4. The normalized spacial score (nSPS) is 9.83. The van der Waals surface area contributed by atoms with Crippen molar-refractivity contribution in [3.8, 4) is 11.8 Å². The van der Waals surface area contributed by atoms with Crippen LogP contribution in [0.15, 0.2) is 18.2 Å². The largest absolute Gasteiger partial charge is 0.497 e. The molecule has 0 radical (unpaired) electrons. The van der Waals surface area contributed by atoms with Gasteiger partial charge in [0.2, 0.25) is 0 Å². The number of rotatable bonds is 8. The van der Waals surface area contributed by atoms with Gasteiger partial charge < -0.3 is 14.8 Å². The van der Waals surface area contributed by atoms with E-state index in [1.54, 1.807) is 26.4 Å². The number of hydrogen-bond donors (Lipinski definition) is 1. The summed E-state index contributed by atoms with van der Waals surface area (Å²) in [6, 6.07) is 7.59. The van der Waals surface area contributed by atoms with E-state index in [4.69, 9.17) is 14.7 Å². The number of methoxy groups -OCH3 is 2. The van der Waals surface area contributed by atoms with Gasteiger partial charge in [-0.25, -0.2) is 0 Å². The number of benzene rings is 1. The number of nitrogens with one attached hydrogen (secondary N) is 1. The molecular weight excluding hydrogens is 228 g/mol. The fourth-order valence-electron chi connectivity index (χ4n) is 1.67. The molecular formula is C14H20N2O2. The lowest BCUT2D eigenvalue weighted by Gasteiger charge is -2.09. The Labute approximate surface area is 109 Å². The minimum Gasteiger partial charge on any atom is -0.497 e. The molecule has 4 heteroatoms. The molecule has 0 amide bonds. The summed E-state index contributed by atoms with van der Waals surface area (Å²) in [5, 5.41) is 12.3. The zero-order valence-electron chi connectivity index (χ0n) is 11.0. The minimum atomic E-state index is 0.646. The van der Waals surface area contributed by atoms with Crippen LogP contribution in [0.4, 0.5) is 5.69 Å². The van der Waals surface area contributed by atoms with E-state index in [1.165, 1.54) is 0 Å². The molecule has 18 heavy (non-hydrogen) atoms. The van der Waals surface area contributed by atoms with E-state index in [1.807, 2.05) is 6.07 Å². The van der Waals surface area contributed by atoms with Crippen molar-refractivity contribution in [3.63, 3.8) is 0 Å². The summed E-state index contributed by atoms with van der Waals surface area (Å²) < 4.78 is 10.1. The van der Waals surface area contributed by atoms with Crippen LogP contribution in [0.2, 0.25) is 0 Å². The number of nitrogens with zero attached hydrogens (tertiary/aromatic N) is 1. The second-order valence-corrected chi connectivity index (χ2v) is 4.00. The van der Waals surface area contributed by atoms with Crippen LogP contribution >= 0.6 is 0 Å². The maximum atomic E-state index is 9.01. The van der Waals surface area contributed by atoms with Gasteiger partial charge in [0.25, 0.3) is 0 Å². The third-order valence-corrected chi connectivity index (χ3v) is 2.69. The fourth-order valence-corrected chi connectivity index (χ4v) is 1.67. The summed E-state index contributed by atoms with van der Waals surface area (Å²) >= 11 is 0. The summed E-state index contributed by atoms with van der Waals surface area (Å²) in [6.07, 6.45) is 3.25. The standard InChI is InChI=1S/C14H20N2O2/c1-17-9-5-3-4-8-16-14-10-13(18-2)7-6-12(14)11-15/h6-7,10,16H,3-5,8-9H2,1-2H3. The highest BCUT2D eigenvalue weighted by atomic mass is 16.5. The zero-order chi connectivity index (χ0) is 13.2. The SMILES string of the molecule is COCCCCCNc1cc(OC)ccc1C#N. The van der Waals surface area contributed by atoms with Crippen molar-refractivity contribution < 1.29 is 9.47 Å². The van der Waals surface area contributed by atoms with Crippen LogP contribution in [0, 0.1) is 11.3 Å². The van der Waals surface area contributed by atoms with E-state index in [9.17, 15) is 0 Å².